The molecule has 2 aliphatic heterocycles. The van der Waals surface area contributed by atoms with E-state index in [1.54, 1.807) is 12.1 Å². The number of benzene rings is 1. The molecule has 4 rings (SSSR count). The Morgan fingerprint density at radius 3 is 2.69 bits per heavy atom. The molecule has 1 fully saturated rings. The first kappa shape index (κ1) is 24.9. The van der Waals surface area contributed by atoms with Gasteiger partial charge in [0.05, 0.1) is 29.8 Å². The van der Waals surface area contributed by atoms with Crippen LogP contribution in [-0.2, 0) is 14.3 Å². The lowest BCUT2D eigenvalue weighted by molar-refractivity contribution is -0.134. The van der Waals surface area contributed by atoms with Gasteiger partial charge in [0.2, 0.25) is 5.91 Å². The summed E-state index contributed by atoms with van der Waals surface area (Å²) in [6.45, 7) is 6.73. The first-order chi connectivity index (χ1) is 17.0. The SMILES string of the molecule is CCCOCCNC(=O)c1ccc(C)nc1C1CCN(C(=O)CC2OC(=O)c3ccccc32)CC1. The maximum Gasteiger partial charge on any atom is 0.339 e. The second-order valence-electron chi connectivity index (χ2n) is 9.09. The molecule has 3 heterocycles. The van der Waals surface area contributed by atoms with Gasteiger partial charge in [-0.15, -0.1) is 0 Å². The lowest BCUT2D eigenvalue weighted by Gasteiger charge is -2.33. The zero-order chi connectivity index (χ0) is 24.8. The standard InChI is InChI=1S/C27H33N3O5/c1-3-15-34-16-12-28-26(32)22-9-8-18(2)29-25(22)19-10-13-30(14-11-19)24(31)17-23-20-6-4-5-7-21(20)27(33)35-23/h4-9,19,23H,3,10-17H2,1-2H3,(H,28,32). The average molecular weight is 480 g/mol. The molecule has 2 aromatic rings. The van der Waals surface area contributed by atoms with Crippen LogP contribution in [0.25, 0.3) is 0 Å². The second kappa shape index (κ2) is 11.4. The molecule has 186 valence electrons. The number of hydrogen-bond donors (Lipinski definition) is 1. The average Bonchev–Trinajstić information content (AvgIpc) is 3.19. The number of esters is 1. The third kappa shape index (κ3) is 5.88. The lowest BCUT2D eigenvalue weighted by atomic mass is 9.89. The number of carbonyl (C=O) groups excluding carboxylic acids is 3. The predicted octanol–water partition coefficient (Wildman–Crippen LogP) is 3.55. The Morgan fingerprint density at radius 1 is 1.14 bits per heavy atom. The number of cyclic esters (lactones) is 1. The van der Waals surface area contributed by atoms with Crippen LogP contribution in [0.2, 0.25) is 0 Å². The van der Waals surface area contributed by atoms with Crippen molar-refractivity contribution < 1.29 is 23.9 Å². The molecular formula is C27H33N3O5. The Morgan fingerprint density at radius 2 is 1.91 bits per heavy atom. The molecule has 1 aromatic heterocycles. The number of ether oxygens (including phenoxy) is 2. The van der Waals surface area contributed by atoms with Gasteiger partial charge in [0.15, 0.2) is 0 Å². The summed E-state index contributed by atoms with van der Waals surface area (Å²) >= 11 is 0. The van der Waals surface area contributed by atoms with E-state index in [1.165, 1.54) is 0 Å². The topological polar surface area (TPSA) is 97.8 Å². The Kier molecular flexibility index (Phi) is 8.13. The molecule has 1 N–H and O–H groups in total. The number of likely N-dealkylation sites (tertiary alicyclic amines) is 1. The van der Waals surface area contributed by atoms with Gasteiger partial charge in [-0.25, -0.2) is 4.79 Å². The van der Waals surface area contributed by atoms with Crippen molar-refractivity contribution in [3.8, 4) is 0 Å². The van der Waals surface area contributed by atoms with Crippen LogP contribution in [0.15, 0.2) is 36.4 Å². The number of pyridine rings is 1. The summed E-state index contributed by atoms with van der Waals surface area (Å²) in [4.78, 5) is 44.4. The molecule has 2 aliphatic rings. The van der Waals surface area contributed by atoms with Crippen molar-refractivity contribution in [2.75, 3.05) is 32.8 Å². The smallest absolute Gasteiger partial charge is 0.339 e. The number of aryl methyl sites for hydroxylation is 1. The highest BCUT2D eigenvalue weighted by atomic mass is 16.5. The first-order valence-electron chi connectivity index (χ1n) is 12.4. The number of hydrogen-bond acceptors (Lipinski definition) is 6. The second-order valence-corrected chi connectivity index (χ2v) is 9.09. The van der Waals surface area contributed by atoms with Gasteiger partial charge in [0.1, 0.15) is 6.10 Å². The van der Waals surface area contributed by atoms with Gasteiger partial charge in [0.25, 0.3) is 5.91 Å². The number of nitrogens with zero attached hydrogens (tertiary/aromatic N) is 2. The summed E-state index contributed by atoms with van der Waals surface area (Å²) in [6, 6.07) is 10.9. The number of rotatable bonds is 9. The van der Waals surface area contributed by atoms with E-state index < -0.39 is 6.10 Å². The van der Waals surface area contributed by atoms with Crippen LogP contribution in [0.3, 0.4) is 0 Å². The number of amides is 2. The quantitative estimate of drug-likeness (QED) is 0.436. The van der Waals surface area contributed by atoms with Crippen LogP contribution >= 0.6 is 0 Å². The molecule has 8 heteroatoms. The molecule has 0 spiro atoms. The lowest BCUT2D eigenvalue weighted by Crippen LogP contribution is -2.39. The van der Waals surface area contributed by atoms with Crippen LogP contribution in [0, 0.1) is 6.92 Å². The van der Waals surface area contributed by atoms with Gasteiger partial charge in [-0.1, -0.05) is 25.1 Å². The fraction of sp³-hybridized carbons (Fsp3) is 0.481. The number of fused-ring (bicyclic) bond motifs is 1. The largest absolute Gasteiger partial charge is 0.453 e. The van der Waals surface area contributed by atoms with Gasteiger partial charge in [-0.3, -0.25) is 14.6 Å². The van der Waals surface area contributed by atoms with E-state index in [2.05, 4.69) is 5.32 Å². The Bertz CT molecular complexity index is 1080. The molecular weight excluding hydrogens is 446 g/mol. The third-order valence-electron chi connectivity index (χ3n) is 6.56. The highest BCUT2D eigenvalue weighted by molar-refractivity contribution is 5.95. The van der Waals surface area contributed by atoms with Gasteiger partial charge in [-0.2, -0.15) is 0 Å². The van der Waals surface area contributed by atoms with Gasteiger partial charge < -0.3 is 19.7 Å². The van der Waals surface area contributed by atoms with Crippen molar-refractivity contribution in [3.05, 3.63) is 64.5 Å². The van der Waals surface area contributed by atoms with E-state index >= 15 is 0 Å². The molecule has 0 radical (unpaired) electrons. The van der Waals surface area contributed by atoms with Gasteiger partial charge in [0, 0.05) is 43.4 Å². The molecule has 1 aromatic carbocycles. The number of aromatic nitrogens is 1. The van der Waals surface area contributed by atoms with E-state index in [0.717, 1.165) is 36.2 Å². The minimum Gasteiger partial charge on any atom is -0.453 e. The first-order valence-corrected chi connectivity index (χ1v) is 12.4. The summed E-state index contributed by atoms with van der Waals surface area (Å²) in [7, 11) is 0. The van der Waals surface area contributed by atoms with Gasteiger partial charge >= 0.3 is 5.97 Å². The predicted molar refractivity (Wildman–Crippen MR) is 130 cm³/mol. The molecule has 1 saturated heterocycles. The summed E-state index contributed by atoms with van der Waals surface area (Å²) in [6.07, 6.45) is 2.01. The zero-order valence-electron chi connectivity index (χ0n) is 20.4. The molecule has 1 atom stereocenters. The van der Waals surface area contributed by atoms with Crippen molar-refractivity contribution in [2.24, 2.45) is 0 Å². The van der Waals surface area contributed by atoms with E-state index in [4.69, 9.17) is 14.5 Å². The third-order valence-corrected chi connectivity index (χ3v) is 6.56. The Labute approximate surface area is 206 Å². The minimum atomic E-state index is -0.529. The number of carbonyl (C=O) groups is 3. The monoisotopic (exact) mass is 479 g/mol. The minimum absolute atomic E-state index is 0.0276. The van der Waals surface area contributed by atoms with E-state index in [0.29, 0.717) is 44.0 Å². The summed E-state index contributed by atoms with van der Waals surface area (Å²) in [5.41, 5.74) is 3.56. The van der Waals surface area contributed by atoms with Crippen molar-refractivity contribution in [3.63, 3.8) is 0 Å². The molecule has 8 nitrogen and oxygen atoms in total. The van der Waals surface area contributed by atoms with E-state index in [9.17, 15) is 14.4 Å². The number of nitrogens with one attached hydrogen (secondary N) is 1. The summed E-state index contributed by atoms with van der Waals surface area (Å²) in [5, 5.41) is 2.93. The Hall–Kier alpha value is -3.26. The fourth-order valence-corrected chi connectivity index (χ4v) is 4.72. The van der Waals surface area contributed by atoms with Crippen LogP contribution < -0.4 is 5.32 Å². The fourth-order valence-electron chi connectivity index (χ4n) is 4.72. The molecule has 0 aliphatic carbocycles. The summed E-state index contributed by atoms with van der Waals surface area (Å²) < 4.78 is 10.9. The molecule has 2 amide bonds. The maximum atomic E-state index is 13.0. The highest BCUT2D eigenvalue weighted by Crippen LogP contribution is 2.34. The maximum absolute atomic E-state index is 13.0. The van der Waals surface area contributed by atoms with E-state index in [-0.39, 0.29) is 30.1 Å². The number of piperidine rings is 1. The summed E-state index contributed by atoms with van der Waals surface area (Å²) in [5.74, 6) is -0.445. The van der Waals surface area contributed by atoms with Crippen LogP contribution in [0.4, 0.5) is 0 Å². The van der Waals surface area contributed by atoms with Crippen molar-refractivity contribution in [2.45, 2.75) is 51.6 Å². The van der Waals surface area contributed by atoms with Crippen LogP contribution in [0.1, 0.15) is 82.3 Å². The van der Waals surface area contributed by atoms with Crippen LogP contribution in [-0.4, -0.2) is 60.5 Å². The molecule has 35 heavy (non-hydrogen) atoms. The van der Waals surface area contributed by atoms with Crippen molar-refractivity contribution >= 4 is 17.8 Å². The van der Waals surface area contributed by atoms with Crippen molar-refractivity contribution in [1.82, 2.24) is 15.2 Å². The molecule has 0 bridgehead atoms. The van der Waals surface area contributed by atoms with Gasteiger partial charge in [-0.05, 0) is 44.4 Å². The van der Waals surface area contributed by atoms with E-state index in [1.807, 2.05) is 43.0 Å². The zero-order valence-corrected chi connectivity index (χ0v) is 20.4. The van der Waals surface area contributed by atoms with Crippen LogP contribution in [0.5, 0.6) is 0 Å². The van der Waals surface area contributed by atoms with Crippen molar-refractivity contribution in [1.29, 1.82) is 0 Å². The molecule has 0 saturated carbocycles. The normalized spacial score (nSPS) is 17.7. The highest BCUT2D eigenvalue weighted by Gasteiger charge is 2.34. The Balaban J connectivity index is 1.34. The molecule has 1 unspecified atom stereocenters.